The summed E-state index contributed by atoms with van der Waals surface area (Å²) in [5, 5.41) is 0. The summed E-state index contributed by atoms with van der Waals surface area (Å²) in [5.41, 5.74) is 0.725. The van der Waals surface area contributed by atoms with Crippen molar-refractivity contribution < 1.29 is 9.53 Å². The second kappa shape index (κ2) is 7.60. The third-order valence-corrected chi connectivity index (χ3v) is 4.48. The molecule has 1 aromatic rings. The molecule has 0 amide bonds. The Kier molecular flexibility index (Phi) is 5.80. The minimum absolute atomic E-state index is 0.0874. The number of Topliss-reactive ketones (excluding diaryl/α,β-unsaturated/α-hetero) is 1. The standard InChI is InChI=1S/C18H27NO2/c1-4-19(5-2)17-11-6-7-12-18(17)21-16-10-8-9-15(13-16)14(3)20/h8-10,13,17-18H,4-7,11-12H2,1-3H3. The van der Waals surface area contributed by atoms with Gasteiger partial charge < -0.3 is 4.74 Å². The van der Waals surface area contributed by atoms with Gasteiger partial charge in [-0.25, -0.2) is 0 Å². The van der Waals surface area contributed by atoms with Crippen LogP contribution in [-0.2, 0) is 0 Å². The molecule has 1 aliphatic carbocycles. The van der Waals surface area contributed by atoms with Crippen LogP contribution in [-0.4, -0.2) is 35.9 Å². The van der Waals surface area contributed by atoms with Crippen LogP contribution in [0.5, 0.6) is 5.75 Å². The lowest BCUT2D eigenvalue weighted by molar-refractivity contribution is 0.0412. The van der Waals surface area contributed by atoms with Crippen molar-refractivity contribution in [2.75, 3.05) is 13.1 Å². The molecule has 21 heavy (non-hydrogen) atoms. The number of nitrogens with zero attached hydrogens (tertiary/aromatic N) is 1. The Labute approximate surface area is 128 Å². The van der Waals surface area contributed by atoms with Gasteiger partial charge in [0, 0.05) is 11.6 Å². The van der Waals surface area contributed by atoms with Crippen LogP contribution in [0.25, 0.3) is 0 Å². The van der Waals surface area contributed by atoms with Gasteiger partial charge in [-0.1, -0.05) is 32.4 Å². The highest BCUT2D eigenvalue weighted by Gasteiger charge is 2.30. The van der Waals surface area contributed by atoms with Crippen LogP contribution >= 0.6 is 0 Å². The fraction of sp³-hybridized carbons (Fsp3) is 0.611. The molecule has 2 rings (SSSR count). The van der Waals surface area contributed by atoms with E-state index < -0.39 is 0 Å². The molecule has 0 aromatic heterocycles. The molecule has 0 heterocycles. The molecule has 0 aliphatic heterocycles. The summed E-state index contributed by atoms with van der Waals surface area (Å²) in [6.45, 7) is 8.15. The number of benzene rings is 1. The highest BCUT2D eigenvalue weighted by Crippen LogP contribution is 2.27. The van der Waals surface area contributed by atoms with Crippen LogP contribution in [0.2, 0.25) is 0 Å². The summed E-state index contributed by atoms with van der Waals surface area (Å²) in [6, 6.07) is 8.07. The van der Waals surface area contributed by atoms with Crippen molar-refractivity contribution in [2.45, 2.75) is 58.6 Å². The van der Waals surface area contributed by atoms with Crippen molar-refractivity contribution in [1.82, 2.24) is 4.90 Å². The predicted molar refractivity (Wildman–Crippen MR) is 86.0 cm³/mol. The molecule has 0 bridgehead atoms. The smallest absolute Gasteiger partial charge is 0.159 e. The van der Waals surface area contributed by atoms with Crippen molar-refractivity contribution in [2.24, 2.45) is 0 Å². The van der Waals surface area contributed by atoms with E-state index in [0.717, 1.165) is 30.8 Å². The number of hydrogen-bond acceptors (Lipinski definition) is 3. The summed E-state index contributed by atoms with van der Waals surface area (Å²) >= 11 is 0. The monoisotopic (exact) mass is 289 g/mol. The summed E-state index contributed by atoms with van der Waals surface area (Å²) < 4.78 is 6.25. The minimum atomic E-state index is 0.0874. The molecule has 2 unspecified atom stereocenters. The van der Waals surface area contributed by atoms with Gasteiger partial charge in [0.15, 0.2) is 5.78 Å². The predicted octanol–water partition coefficient (Wildman–Crippen LogP) is 3.92. The summed E-state index contributed by atoms with van der Waals surface area (Å²) in [6.07, 6.45) is 5.06. The summed E-state index contributed by atoms with van der Waals surface area (Å²) in [4.78, 5) is 14.0. The number of likely N-dealkylation sites (N-methyl/N-ethyl adjacent to an activating group) is 1. The Morgan fingerprint density at radius 2 is 1.95 bits per heavy atom. The second-order valence-corrected chi connectivity index (χ2v) is 5.81. The van der Waals surface area contributed by atoms with Gasteiger partial charge in [-0.15, -0.1) is 0 Å². The highest BCUT2D eigenvalue weighted by atomic mass is 16.5. The first-order valence-electron chi connectivity index (χ1n) is 8.17. The van der Waals surface area contributed by atoms with Crippen LogP contribution in [0.15, 0.2) is 24.3 Å². The molecule has 2 atom stereocenters. The fourth-order valence-corrected chi connectivity index (χ4v) is 3.29. The quantitative estimate of drug-likeness (QED) is 0.743. The van der Waals surface area contributed by atoms with Gasteiger partial charge in [-0.05, 0) is 51.4 Å². The second-order valence-electron chi connectivity index (χ2n) is 5.81. The van der Waals surface area contributed by atoms with E-state index in [4.69, 9.17) is 4.74 Å². The number of carbonyl (C=O) groups is 1. The van der Waals surface area contributed by atoms with Crippen LogP contribution in [0.3, 0.4) is 0 Å². The van der Waals surface area contributed by atoms with Crippen molar-refractivity contribution in [1.29, 1.82) is 0 Å². The van der Waals surface area contributed by atoms with Crippen LogP contribution in [0.4, 0.5) is 0 Å². The van der Waals surface area contributed by atoms with E-state index in [1.54, 1.807) is 6.92 Å². The van der Waals surface area contributed by atoms with Crippen LogP contribution < -0.4 is 4.74 Å². The normalized spacial score (nSPS) is 22.3. The number of ketones is 1. The van der Waals surface area contributed by atoms with Gasteiger partial charge in [0.25, 0.3) is 0 Å². The lowest BCUT2D eigenvalue weighted by Gasteiger charge is -2.39. The maximum atomic E-state index is 11.5. The van der Waals surface area contributed by atoms with E-state index in [1.165, 1.54) is 19.3 Å². The van der Waals surface area contributed by atoms with Gasteiger partial charge in [-0.3, -0.25) is 9.69 Å². The average Bonchev–Trinajstić information content (AvgIpc) is 2.50. The molecular formula is C18H27NO2. The molecule has 3 nitrogen and oxygen atoms in total. The van der Waals surface area contributed by atoms with Gasteiger partial charge in [0.1, 0.15) is 11.9 Å². The number of hydrogen-bond donors (Lipinski definition) is 0. The zero-order chi connectivity index (χ0) is 15.2. The van der Waals surface area contributed by atoms with Gasteiger partial charge in [0.2, 0.25) is 0 Å². The molecule has 1 aliphatic rings. The van der Waals surface area contributed by atoms with Gasteiger partial charge in [-0.2, -0.15) is 0 Å². The topological polar surface area (TPSA) is 29.5 Å². The fourth-order valence-electron chi connectivity index (χ4n) is 3.29. The van der Waals surface area contributed by atoms with E-state index >= 15 is 0 Å². The van der Waals surface area contributed by atoms with Crippen molar-refractivity contribution in [3.8, 4) is 5.75 Å². The lowest BCUT2D eigenvalue weighted by Crippen LogP contribution is -2.47. The van der Waals surface area contributed by atoms with E-state index in [2.05, 4.69) is 18.7 Å². The third-order valence-electron chi connectivity index (χ3n) is 4.48. The maximum Gasteiger partial charge on any atom is 0.159 e. The Balaban J connectivity index is 2.11. The minimum Gasteiger partial charge on any atom is -0.489 e. The largest absolute Gasteiger partial charge is 0.489 e. The molecule has 0 spiro atoms. The van der Waals surface area contributed by atoms with Crippen molar-refractivity contribution in [3.05, 3.63) is 29.8 Å². The summed E-state index contributed by atoms with van der Waals surface area (Å²) in [7, 11) is 0. The SMILES string of the molecule is CCN(CC)C1CCCCC1Oc1cccc(C(C)=O)c1. The Morgan fingerprint density at radius 1 is 1.24 bits per heavy atom. The molecule has 116 valence electrons. The first-order valence-corrected chi connectivity index (χ1v) is 8.17. The molecule has 0 radical (unpaired) electrons. The van der Waals surface area contributed by atoms with Gasteiger partial charge >= 0.3 is 0 Å². The first kappa shape index (κ1) is 16.0. The number of carbonyl (C=O) groups excluding carboxylic acids is 1. The Morgan fingerprint density at radius 3 is 2.62 bits per heavy atom. The van der Waals surface area contributed by atoms with E-state index in [9.17, 15) is 4.79 Å². The Hall–Kier alpha value is -1.35. The number of rotatable bonds is 6. The summed E-state index contributed by atoms with van der Waals surface area (Å²) in [5.74, 6) is 0.913. The van der Waals surface area contributed by atoms with Crippen LogP contribution in [0.1, 0.15) is 56.8 Å². The van der Waals surface area contributed by atoms with Gasteiger partial charge in [0.05, 0.1) is 0 Å². The molecule has 3 heteroatoms. The highest BCUT2D eigenvalue weighted by molar-refractivity contribution is 5.94. The molecule has 1 fully saturated rings. The maximum absolute atomic E-state index is 11.5. The molecular weight excluding hydrogens is 262 g/mol. The first-order chi connectivity index (χ1) is 10.2. The lowest BCUT2D eigenvalue weighted by atomic mass is 9.91. The van der Waals surface area contributed by atoms with Crippen molar-refractivity contribution in [3.63, 3.8) is 0 Å². The zero-order valence-corrected chi connectivity index (χ0v) is 13.5. The molecule has 1 saturated carbocycles. The van der Waals surface area contributed by atoms with E-state index in [1.807, 2.05) is 24.3 Å². The zero-order valence-electron chi connectivity index (χ0n) is 13.5. The van der Waals surface area contributed by atoms with Crippen LogP contribution in [0, 0.1) is 0 Å². The molecule has 1 aromatic carbocycles. The van der Waals surface area contributed by atoms with E-state index in [0.29, 0.717) is 6.04 Å². The molecule has 0 saturated heterocycles. The average molecular weight is 289 g/mol. The third kappa shape index (κ3) is 4.07. The number of ether oxygens (including phenoxy) is 1. The van der Waals surface area contributed by atoms with Crippen molar-refractivity contribution >= 4 is 5.78 Å². The van der Waals surface area contributed by atoms with E-state index in [-0.39, 0.29) is 11.9 Å². The molecule has 0 N–H and O–H groups in total. The Bertz CT molecular complexity index is 468.